The fraction of sp³-hybridized carbons (Fsp3) is 0.231. The van der Waals surface area contributed by atoms with Crippen LogP contribution in [0.2, 0.25) is 5.02 Å². The molecule has 4 rings (SSSR count). The van der Waals surface area contributed by atoms with Gasteiger partial charge in [-0.1, -0.05) is 31.0 Å². The lowest BCUT2D eigenvalue weighted by Gasteiger charge is -2.15. The Bertz CT molecular complexity index is 1360. The Morgan fingerprint density at radius 3 is 2.59 bits per heavy atom. The van der Waals surface area contributed by atoms with Gasteiger partial charge in [-0.3, -0.25) is 9.78 Å². The molecule has 0 atom stereocenters. The van der Waals surface area contributed by atoms with Crippen molar-refractivity contribution in [2.45, 2.75) is 39.7 Å². The van der Waals surface area contributed by atoms with Crippen LogP contribution in [0.4, 0.5) is 10.1 Å². The zero-order valence-corrected chi connectivity index (χ0v) is 19.8. The number of halogens is 2. The summed E-state index contributed by atoms with van der Waals surface area (Å²) in [5.74, 6) is -0.226. The number of nitrogens with two attached hydrogens (primary N) is 1. The van der Waals surface area contributed by atoms with E-state index in [0.717, 1.165) is 47.1 Å². The number of fused-ring (bicyclic) bond motifs is 1. The summed E-state index contributed by atoms with van der Waals surface area (Å²) in [4.78, 5) is 25.1. The van der Waals surface area contributed by atoms with Gasteiger partial charge in [0.1, 0.15) is 11.6 Å². The van der Waals surface area contributed by atoms with Crippen LogP contribution in [0.1, 0.15) is 47.2 Å². The molecule has 0 spiro atoms. The van der Waals surface area contributed by atoms with Gasteiger partial charge in [0.15, 0.2) is 0 Å². The summed E-state index contributed by atoms with van der Waals surface area (Å²) in [5.41, 5.74) is 9.72. The van der Waals surface area contributed by atoms with Crippen LogP contribution in [0, 0.1) is 12.7 Å². The van der Waals surface area contributed by atoms with Crippen LogP contribution in [-0.4, -0.2) is 20.9 Å². The first-order chi connectivity index (χ1) is 16.4. The third-order valence-electron chi connectivity index (χ3n) is 5.67. The van der Waals surface area contributed by atoms with Gasteiger partial charge in [-0.2, -0.15) is 0 Å². The van der Waals surface area contributed by atoms with Crippen molar-refractivity contribution < 1.29 is 9.18 Å². The van der Waals surface area contributed by atoms with Crippen molar-refractivity contribution in [3.05, 3.63) is 82.3 Å². The predicted molar refractivity (Wildman–Crippen MR) is 133 cm³/mol. The van der Waals surface area contributed by atoms with Crippen molar-refractivity contribution in [3.63, 3.8) is 0 Å². The molecule has 6 nitrogen and oxygen atoms in total. The van der Waals surface area contributed by atoms with Gasteiger partial charge in [0.05, 0.1) is 21.9 Å². The Balaban J connectivity index is 1.69. The molecule has 0 saturated carbocycles. The summed E-state index contributed by atoms with van der Waals surface area (Å²) < 4.78 is 14.4. The molecular formula is C26H25ClFN5O. The van der Waals surface area contributed by atoms with E-state index < -0.39 is 11.7 Å². The van der Waals surface area contributed by atoms with Crippen LogP contribution in [0.15, 0.2) is 48.8 Å². The molecule has 0 aliphatic rings. The van der Waals surface area contributed by atoms with Crippen LogP contribution in [0.3, 0.4) is 0 Å². The molecular weight excluding hydrogens is 453 g/mol. The zero-order valence-electron chi connectivity index (χ0n) is 19.0. The highest BCUT2D eigenvalue weighted by Gasteiger charge is 2.14. The van der Waals surface area contributed by atoms with Gasteiger partial charge in [-0.05, 0) is 49.2 Å². The molecule has 3 N–H and O–H groups in total. The third kappa shape index (κ3) is 4.99. The van der Waals surface area contributed by atoms with Crippen molar-refractivity contribution in [1.82, 2.24) is 15.0 Å². The van der Waals surface area contributed by atoms with Gasteiger partial charge in [-0.15, -0.1) is 0 Å². The first-order valence-electron chi connectivity index (χ1n) is 11.1. The zero-order chi connectivity index (χ0) is 24.2. The van der Waals surface area contributed by atoms with Crippen LogP contribution in [0.25, 0.3) is 22.0 Å². The second-order valence-electron chi connectivity index (χ2n) is 8.13. The molecule has 0 radical (unpaired) electrons. The first-order valence-corrected chi connectivity index (χ1v) is 11.5. The lowest BCUT2D eigenvalue weighted by molar-refractivity contribution is 0.1000. The van der Waals surface area contributed by atoms with Gasteiger partial charge in [0.2, 0.25) is 5.91 Å². The lowest BCUT2D eigenvalue weighted by atomic mass is 10.0. The van der Waals surface area contributed by atoms with E-state index in [0.29, 0.717) is 22.0 Å². The highest BCUT2D eigenvalue weighted by Crippen LogP contribution is 2.35. The standard InChI is InChI=1S/C26H25ClFN5O/c1-3-4-5-23-30-13-19(14-31-23)16-7-9-22-20(11-16)25(24(27)15(2)33-22)32-12-18-10-17(26(29)34)6-8-21(18)28/h6-11,13-14H,3-5,12H2,1-2H3,(H2,29,34)(H,32,33). The maximum absolute atomic E-state index is 14.4. The molecule has 1 amide bonds. The smallest absolute Gasteiger partial charge is 0.248 e. The number of hydrogen-bond acceptors (Lipinski definition) is 5. The first kappa shape index (κ1) is 23.6. The summed E-state index contributed by atoms with van der Waals surface area (Å²) >= 11 is 6.61. The van der Waals surface area contributed by atoms with E-state index in [9.17, 15) is 9.18 Å². The average molecular weight is 478 g/mol. The Morgan fingerprint density at radius 1 is 1.12 bits per heavy atom. The Labute approximate surface area is 202 Å². The van der Waals surface area contributed by atoms with Crippen molar-refractivity contribution in [2.75, 3.05) is 5.32 Å². The molecule has 8 heteroatoms. The van der Waals surface area contributed by atoms with Crippen molar-refractivity contribution in [1.29, 1.82) is 0 Å². The number of hydrogen-bond donors (Lipinski definition) is 2. The number of primary amides is 1. The molecule has 34 heavy (non-hydrogen) atoms. The number of unbranched alkanes of at least 4 members (excludes halogenated alkanes) is 1. The second kappa shape index (κ2) is 10.1. The number of carbonyl (C=O) groups is 1. The normalized spacial score (nSPS) is 11.1. The predicted octanol–water partition coefficient (Wildman–Crippen LogP) is 5.85. The number of rotatable bonds is 8. The van der Waals surface area contributed by atoms with Crippen LogP contribution >= 0.6 is 11.6 Å². The second-order valence-corrected chi connectivity index (χ2v) is 8.51. The summed E-state index contributed by atoms with van der Waals surface area (Å²) in [5, 5.41) is 4.47. The van der Waals surface area contributed by atoms with Gasteiger partial charge in [0, 0.05) is 47.4 Å². The van der Waals surface area contributed by atoms with Crippen molar-refractivity contribution >= 4 is 34.1 Å². The van der Waals surface area contributed by atoms with Gasteiger partial charge in [0.25, 0.3) is 0 Å². The number of aromatic nitrogens is 3. The summed E-state index contributed by atoms with van der Waals surface area (Å²) in [7, 11) is 0. The average Bonchev–Trinajstić information content (AvgIpc) is 2.84. The van der Waals surface area contributed by atoms with Crippen molar-refractivity contribution in [2.24, 2.45) is 5.73 Å². The molecule has 0 unspecified atom stereocenters. The maximum atomic E-state index is 14.4. The topological polar surface area (TPSA) is 93.8 Å². The number of amides is 1. The Hall–Kier alpha value is -3.58. The SMILES string of the molecule is CCCCc1ncc(-c2ccc3nc(C)c(Cl)c(NCc4cc(C(N)=O)ccc4F)c3c2)cn1. The highest BCUT2D eigenvalue weighted by atomic mass is 35.5. The van der Waals surface area contributed by atoms with E-state index in [2.05, 4.69) is 27.2 Å². The molecule has 174 valence electrons. The number of aryl methyl sites for hydroxylation is 2. The Morgan fingerprint density at radius 2 is 1.88 bits per heavy atom. The fourth-order valence-corrected chi connectivity index (χ4v) is 3.94. The molecule has 0 bridgehead atoms. The minimum Gasteiger partial charge on any atom is -0.379 e. The van der Waals surface area contributed by atoms with Gasteiger partial charge >= 0.3 is 0 Å². The summed E-state index contributed by atoms with van der Waals surface area (Å²) in [6.45, 7) is 4.07. The largest absolute Gasteiger partial charge is 0.379 e. The van der Waals surface area contributed by atoms with E-state index in [1.807, 2.05) is 37.5 Å². The number of nitrogens with one attached hydrogen (secondary N) is 1. The molecule has 0 fully saturated rings. The fourth-order valence-electron chi connectivity index (χ4n) is 3.73. The summed E-state index contributed by atoms with van der Waals surface area (Å²) in [6, 6.07) is 9.89. The number of anilines is 1. The molecule has 0 saturated heterocycles. The quantitative estimate of drug-likeness (QED) is 0.332. The van der Waals surface area contributed by atoms with E-state index >= 15 is 0 Å². The van der Waals surface area contributed by atoms with Gasteiger partial charge < -0.3 is 11.1 Å². The van der Waals surface area contributed by atoms with E-state index in [4.69, 9.17) is 17.3 Å². The molecule has 2 aromatic heterocycles. The minimum absolute atomic E-state index is 0.116. The molecule has 2 heterocycles. The number of carbonyl (C=O) groups excluding carboxylic acids is 1. The molecule has 4 aromatic rings. The molecule has 0 aliphatic carbocycles. The van der Waals surface area contributed by atoms with Crippen LogP contribution in [0.5, 0.6) is 0 Å². The van der Waals surface area contributed by atoms with E-state index in [-0.39, 0.29) is 12.1 Å². The molecule has 0 aliphatic heterocycles. The number of benzene rings is 2. The Kier molecular flexibility index (Phi) is 7.03. The van der Waals surface area contributed by atoms with Crippen LogP contribution < -0.4 is 11.1 Å². The van der Waals surface area contributed by atoms with E-state index in [1.165, 1.54) is 18.2 Å². The van der Waals surface area contributed by atoms with E-state index in [1.54, 1.807) is 0 Å². The van der Waals surface area contributed by atoms with Crippen LogP contribution in [-0.2, 0) is 13.0 Å². The van der Waals surface area contributed by atoms with Crippen molar-refractivity contribution in [3.8, 4) is 11.1 Å². The number of nitrogens with zero attached hydrogens (tertiary/aromatic N) is 3. The lowest BCUT2D eigenvalue weighted by Crippen LogP contribution is -2.12. The monoisotopic (exact) mass is 477 g/mol. The number of pyridine rings is 1. The third-order valence-corrected chi connectivity index (χ3v) is 6.13. The molecule has 2 aromatic carbocycles. The van der Waals surface area contributed by atoms with Gasteiger partial charge in [-0.25, -0.2) is 14.4 Å². The highest BCUT2D eigenvalue weighted by molar-refractivity contribution is 6.35. The minimum atomic E-state index is -0.614. The summed E-state index contributed by atoms with van der Waals surface area (Å²) in [6.07, 6.45) is 6.64. The maximum Gasteiger partial charge on any atom is 0.248 e.